The molecule has 3 heterocycles. The molecule has 3 heteroatoms. The lowest BCUT2D eigenvalue weighted by atomic mass is 9.67. The van der Waals surface area contributed by atoms with Crippen molar-refractivity contribution < 1.29 is 8.98 Å². The number of fused-ring (bicyclic) bond motifs is 6. The van der Waals surface area contributed by atoms with Crippen LogP contribution in [0.25, 0.3) is 39.0 Å². The number of aromatic nitrogens is 2. The number of furan rings is 1. The average Bonchev–Trinajstić information content (AvgIpc) is 3.50. The van der Waals surface area contributed by atoms with Crippen LogP contribution in [-0.4, -0.2) is 4.57 Å². The fourth-order valence-corrected chi connectivity index (χ4v) is 7.13. The first-order valence-electron chi connectivity index (χ1n) is 14.0. The molecule has 3 nitrogen and oxygen atoms in total. The van der Waals surface area contributed by atoms with Crippen molar-refractivity contribution in [3.05, 3.63) is 83.7 Å². The van der Waals surface area contributed by atoms with E-state index in [0.717, 1.165) is 24.0 Å². The molecular weight excluding hydrogens is 452 g/mol. The van der Waals surface area contributed by atoms with Crippen molar-refractivity contribution in [1.82, 2.24) is 4.57 Å². The second kappa shape index (κ2) is 8.62. The van der Waals surface area contributed by atoms with Gasteiger partial charge in [0.25, 0.3) is 5.82 Å². The van der Waals surface area contributed by atoms with Crippen LogP contribution in [0.3, 0.4) is 0 Å². The van der Waals surface area contributed by atoms with Gasteiger partial charge in [0.15, 0.2) is 0 Å². The van der Waals surface area contributed by atoms with Gasteiger partial charge in [0.2, 0.25) is 0 Å². The minimum atomic E-state index is 0.130. The summed E-state index contributed by atoms with van der Waals surface area (Å²) in [6.07, 6.45) is 6.86. The summed E-state index contributed by atoms with van der Waals surface area (Å²) in [4.78, 5) is 0. The Kier molecular flexibility index (Phi) is 5.60. The Morgan fingerprint density at radius 2 is 1.62 bits per heavy atom. The van der Waals surface area contributed by atoms with Crippen molar-refractivity contribution in [2.24, 2.45) is 0 Å². The largest absolute Gasteiger partial charge is 0.456 e. The van der Waals surface area contributed by atoms with Gasteiger partial charge in [0.1, 0.15) is 35.3 Å². The molecule has 2 aromatic heterocycles. The van der Waals surface area contributed by atoms with Crippen LogP contribution in [0.4, 0.5) is 0 Å². The van der Waals surface area contributed by atoms with E-state index in [-0.39, 0.29) is 5.41 Å². The number of hydrogen-bond acceptors (Lipinski definition) is 1. The second-order valence-electron chi connectivity index (χ2n) is 11.5. The molecule has 1 aliphatic rings. The molecule has 0 fully saturated rings. The lowest BCUT2D eigenvalue weighted by Crippen LogP contribution is -2.53. The third-order valence-corrected chi connectivity index (χ3v) is 9.18. The summed E-state index contributed by atoms with van der Waals surface area (Å²) in [6, 6.07) is 20.3. The lowest BCUT2D eigenvalue weighted by Gasteiger charge is -2.40. The average molecular weight is 492 g/mol. The first kappa shape index (κ1) is 24.0. The molecule has 0 spiro atoms. The predicted molar refractivity (Wildman–Crippen MR) is 154 cm³/mol. The molecule has 3 aromatic carbocycles. The third-order valence-electron chi connectivity index (χ3n) is 9.18. The van der Waals surface area contributed by atoms with Crippen LogP contribution >= 0.6 is 0 Å². The van der Waals surface area contributed by atoms with E-state index in [1.54, 1.807) is 0 Å². The third kappa shape index (κ3) is 3.22. The summed E-state index contributed by atoms with van der Waals surface area (Å²) in [6.45, 7) is 16.3. The highest BCUT2D eigenvalue weighted by Crippen LogP contribution is 2.49. The fraction of sp³-hybridized carbons (Fsp3) is 0.382. The topological polar surface area (TPSA) is 21.9 Å². The quantitative estimate of drug-likeness (QED) is 0.225. The zero-order valence-electron chi connectivity index (χ0n) is 23.3. The van der Waals surface area contributed by atoms with Gasteiger partial charge in [-0.15, -0.1) is 0 Å². The van der Waals surface area contributed by atoms with E-state index in [0.29, 0.717) is 17.9 Å². The smallest absolute Gasteiger partial charge is 0.294 e. The van der Waals surface area contributed by atoms with Crippen LogP contribution in [0.5, 0.6) is 0 Å². The van der Waals surface area contributed by atoms with E-state index in [1.165, 1.54) is 44.5 Å². The van der Waals surface area contributed by atoms with Crippen LogP contribution in [0.15, 0.2) is 71.4 Å². The van der Waals surface area contributed by atoms with E-state index in [2.05, 4.69) is 125 Å². The Hall–Kier alpha value is -3.33. The highest BCUT2D eigenvalue weighted by Gasteiger charge is 2.47. The number of imidazole rings is 1. The molecule has 0 amide bonds. The monoisotopic (exact) mass is 491 g/mol. The molecule has 0 bridgehead atoms. The van der Waals surface area contributed by atoms with Gasteiger partial charge in [-0.05, 0) is 55.4 Å². The van der Waals surface area contributed by atoms with Crippen LogP contribution in [-0.2, 0) is 5.41 Å². The molecule has 6 rings (SSSR count). The zero-order valence-corrected chi connectivity index (χ0v) is 23.3. The van der Waals surface area contributed by atoms with E-state index in [4.69, 9.17) is 4.42 Å². The predicted octanol–water partition coefficient (Wildman–Crippen LogP) is 9.21. The molecule has 0 N–H and O–H groups in total. The van der Waals surface area contributed by atoms with Crippen molar-refractivity contribution in [1.29, 1.82) is 0 Å². The Morgan fingerprint density at radius 3 is 2.32 bits per heavy atom. The molecule has 1 atom stereocenters. The van der Waals surface area contributed by atoms with Gasteiger partial charge in [-0.25, -0.2) is 4.57 Å². The van der Waals surface area contributed by atoms with Gasteiger partial charge in [0.05, 0.1) is 5.56 Å². The Morgan fingerprint density at radius 1 is 0.919 bits per heavy atom. The van der Waals surface area contributed by atoms with Crippen LogP contribution < -0.4 is 4.57 Å². The van der Waals surface area contributed by atoms with Crippen molar-refractivity contribution in [2.75, 3.05) is 0 Å². The maximum absolute atomic E-state index is 6.60. The molecule has 0 saturated carbocycles. The van der Waals surface area contributed by atoms with Crippen molar-refractivity contribution in [2.45, 2.75) is 84.6 Å². The van der Waals surface area contributed by atoms with Crippen molar-refractivity contribution in [3.8, 4) is 17.1 Å². The zero-order chi connectivity index (χ0) is 26.1. The second-order valence-corrected chi connectivity index (χ2v) is 11.5. The molecule has 5 aromatic rings. The number of rotatable bonds is 5. The molecule has 1 unspecified atom stereocenters. The van der Waals surface area contributed by atoms with Gasteiger partial charge in [-0.1, -0.05) is 77.9 Å². The SMILES string of the molecule is CCC1(CC)c2ccccc2-c2n(-c3c(C(C)C)cc4c(oc5ccccc54)c3C(C)C)cc[n+]2C1C. The van der Waals surface area contributed by atoms with Gasteiger partial charge in [-0.2, -0.15) is 4.57 Å². The summed E-state index contributed by atoms with van der Waals surface area (Å²) in [5, 5.41) is 2.43. The van der Waals surface area contributed by atoms with Gasteiger partial charge < -0.3 is 4.42 Å². The molecule has 190 valence electrons. The van der Waals surface area contributed by atoms with Crippen LogP contribution in [0.1, 0.15) is 95.9 Å². The van der Waals surface area contributed by atoms with Gasteiger partial charge >= 0.3 is 0 Å². The Bertz CT molecular complexity index is 1630. The van der Waals surface area contributed by atoms with Crippen molar-refractivity contribution in [3.63, 3.8) is 0 Å². The van der Waals surface area contributed by atoms with Crippen molar-refractivity contribution >= 4 is 21.9 Å². The molecule has 0 aliphatic carbocycles. The highest BCUT2D eigenvalue weighted by atomic mass is 16.3. The highest BCUT2D eigenvalue weighted by molar-refractivity contribution is 6.07. The van der Waals surface area contributed by atoms with E-state index < -0.39 is 0 Å². The summed E-state index contributed by atoms with van der Waals surface area (Å²) < 4.78 is 11.6. The maximum atomic E-state index is 6.60. The van der Waals surface area contributed by atoms with Gasteiger partial charge in [0, 0.05) is 27.3 Å². The van der Waals surface area contributed by atoms with E-state index >= 15 is 0 Å². The van der Waals surface area contributed by atoms with E-state index in [9.17, 15) is 0 Å². The number of nitrogens with zero attached hydrogens (tertiary/aromatic N) is 2. The molecule has 0 saturated heterocycles. The molecule has 0 radical (unpaired) electrons. The molecule has 37 heavy (non-hydrogen) atoms. The van der Waals surface area contributed by atoms with Crippen LogP contribution in [0, 0.1) is 0 Å². The molecular formula is C34H39N2O+. The Balaban J connectivity index is 1.74. The van der Waals surface area contributed by atoms with Crippen LogP contribution in [0.2, 0.25) is 0 Å². The normalized spacial score (nSPS) is 16.6. The summed E-state index contributed by atoms with van der Waals surface area (Å²) >= 11 is 0. The van der Waals surface area contributed by atoms with E-state index in [1.807, 2.05) is 0 Å². The number of hydrogen-bond donors (Lipinski definition) is 0. The molecule has 1 aliphatic heterocycles. The van der Waals surface area contributed by atoms with Gasteiger partial charge in [-0.3, -0.25) is 0 Å². The lowest BCUT2D eigenvalue weighted by molar-refractivity contribution is -0.720. The minimum Gasteiger partial charge on any atom is -0.456 e. The number of benzene rings is 3. The minimum absolute atomic E-state index is 0.130. The Labute approximate surface area is 220 Å². The number of para-hydroxylation sites is 1. The fourth-order valence-electron chi connectivity index (χ4n) is 7.13. The first-order chi connectivity index (χ1) is 17.8. The maximum Gasteiger partial charge on any atom is 0.294 e. The summed E-state index contributed by atoms with van der Waals surface area (Å²) in [5.74, 6) is 1.96. The summed E-state index contributed by atoms with van der Waals surface area (Å²) in [5.41, 5.74) is 8.90. The standard InChI is InChI=1S/C34H39N2O/c1-8-34(9-2)23(7)35-18-19-36(33(35)25-15-10-12-16-28(25)34)31-26(21(3)4)20-27-24-14-11-13-17-29(24)37-32(27)30(31)22(5)6/h10-23H,8-9H2,1-7H3/q+1. The first-order valence-corrected chi connectivity index (χ1v) is 14.0. The summed E-state index contributed by atoms with van der Waals surface area (Å²) in [7, 11) is 0.